The van der Waals surface area contributed by atoms with E-state index in [0.717, 1.165) is 18.7 Å². The third kappa shape index (κ3) is 1.29. The summed E-state index contributed by atoms with van der Waals surface area (Å²) in [5.74, 6) is 2.41. The number of furan rings is 1. The van der Waals surface area contributed by atoms with E-state index in [9.17, 15) is 0 Å². The van der Waals surface area contributed by atoms with E-state index >= 15 is 0 Å². The molecule has 0 atom stereocenters. The molecule has 1 fully saturated rings. The molecule has 0 amide bonds. The molecule has 88 valence electrons. The lowest BCUT2D eigenvalue weighted by Crippen LogP contribution is -2.33. The first-order chi connectivity index (χ1) is 7.77. The van der Waals surface area contributed by atoms with Crippen molar-refractivity contribution in [2.75, 3.05) is 6.54 Å². The Morgan fingerprint density at radius 2 is 1.94 bits per heavy atom. The maximum absolute atomic E-state index is 6.08. The van der Waals surface area contributed by atoms with E-state index in [-0.39, 0.29) is 5.41 Å². The lowest BCUT2D eigenvalue weighted by Gasteiger charge is -2.28. The molecule has 0 radical (unpaired) electrons. The van der Waals surface area contributed by atoms with Crippen molar-refractivity contribution in [2.24, 2.45) is 5.73 Å². The summed E-state index contributed by atoms with van der Waals surface area (Å²) in [5, 5.41) is 0. The number of rotatable bonds is 2. The van der Waals surface area contributed by atoms with E-state index in [4.69, 9.17) is 10.2 Å². The van der Waals surface area contributed by atoms with E-state index in [0.29, 0.717) is 0 Å². The first-order valence-electron chi connectivity index (χ1n) is 6.58. The van der Waals surface area contributed by atoms with Gasteiger partial charge in [-0.25, -0.2) is 0 Å². The van der Waals surface area contributed by atoms with E-state index in [1.54, 1.807) is 0 Å². The van der Waals surface area contributed by atoms with Crippen LogP contribution in [0.25, 0.3) is 0 Å². The Morgan fingerprint density at radius 3 is 2.62 bits per heavy atom. The molecule has 0 unspecified atom stereocenters. The van der Waals surface area contributed by atoms with Gasteiger partial charge in [0.1, 0.15) is 11.5 Å². The first-order valence-corrected chi connectivity index (χ1v) is 6.58. The molecule has 2 nitrogen and oxygen atoms in total. The van der Waals surface area contributed by atoms with Crippen molar-refractivity contribution in [2.45, 2.75) is 57.3 Å². The van der Waals surface area contributed by atoms with Gasteiger partial charge in [0.25, 0.3) is 0 Å². The predicted molar refractivity (Wildman–Crippen MR) is 64.7 cm³/mol. The highest BCUT2D eigenvalue weighted by atomic mass is 16.3. The molecule has 2 heteroatoms. The van der Waals surface area contributed by atoms with E-state index in [1.807, 2.05) is 0 Å². The Hall–Kier alpha value is -0.760. The van der Waals surface area contributed by atoms with Crippen LogP contribution in [-0.4, -0.2) is 6.54 Å². The van der Waals surface area contributed by atoms with E-state index in [1.165, 1.54) is 55.4 Å². The zero-order chi connectivity index (χ0) is 11.2. The number of hydrogen-bond acceptors (Lipinski definition) is 2. The Bertz CT molecular complexity index is 399. The Morgan fingerprint density at radius 1 is 1.19 bits per heavy atom. The van der Waals surface area contributed by atoms with Crippen LogP contribution in [0.4, 0.5) is 0 Å². The molecule has 2 aliphatic rings. The number of aryl methyl sites for hydroxylation is 2. The third-order valence-electron chi connectivity index (χ3n) is 4.58. The van der Waals surface area contributed by atoms with Gasteiger partial charge < -0.3 is 10.2 Å². The fraction of sp³-hybridized carbons (Fsp3) is 0.714. The molecule has 0 spiro atoms. The zero-order valence-electron chi connectivity index (χ0n) is 10.1. The molecule has 16 heavy (non-hydrogen) atoms. The largest absolute Gasteiger partial charge is 0.466 e. The van der Waals surface area contributed by atoms with Gasteiger partial charge >= 0.3 is 0 Å². The second kappa shape index (κ2) is 3.63. The highest BCUT2D eigenvalue weighted by molar-refractivity contribution is 5.43. The summed E-state index contributed by atoms with van der Waals surface area (Å²) in [6.07, 6.45) is 8.79. The van der Waals surface area contributed by atoms with Crippen LogP contribution >= 0.6 is 0 Å². The van der Waals surface area contributed by atoms with Crippen molar-refractivity contribution in [1.82, 2.24) is 0 Å². The van der Waals surface area contributed by atoms with Crippen LogP contribution in [0.2, 0.25) is 0 Å². The highest BCUT2D eigenvalue weighted by Crippen LogP contribution is 2.46. The second-order valence-electron chi connectivity index (χ2n) is 5.48. The molecule has 2 N–H and O–H groups in total. The van der Waals surface area contributed by atoms with Crippen LogP contribution in [0.1, 0.15) is 54.8 Å². The van der Waals surface area contributed by atoms with Crippen LogP contribution in [0.15, 0.2) is 4.42 Å². The first kappa shape index (κ1) is 10.4. The zero-order valence-corrected chi connectivity index (χ0v) is 10.1. The second-order valence-corrected chi connectivity index (χ2v) is 5.48. The summed E-state index contributed by atoms with van der Waals surface area (Å²) in [6, 6.07) is 0. The van der Waals surface area contributed by atoms with Crippen LogP contribution in [0, 0.1) is 6.92 Å². The van der Waals surface area contributed by atoms with Crippen molar-refractivity contribution in [1.29, 1.82) is 0 Å². The van der Waals surface area contributed by atoms with Gasteiger partial charge in [-0.2, -0.15) is 0 Å². The van der Waals surface area contributed by atoms with Gasteiger partial charge in [-0.15, -0.1) is 0 Å². The van der Waals surface area contributed by atoms with Gasteiger partial charge in [0.05, 0.1) is 0 Å². The third-order valence-corrected chi connectivity index (χ3v) is 4.58. The van der Waals surface area contributed by atoms with E-state index in [2.05, 4.69) is 6.92 Å². The Kier molecular flexibility index (Phi) is 2.36. The smallest absolute Gasteiger partial charge is 0.107 e. The summed E-state index contributed by atoms with van der Waals surface area (Å²) in [4.78, 5) is 0. The van der Waals surface area contributed by atoms with Gasteiger partial charge in [-0.1, -0.05) is 12.8 Å². The fourth-order valence-corrected chi connectivity index (χ4v) is 3.84. The normalized spacial score (nSPS) is 22.6. The lowest BCUT2D eigenvalue weighted by atomic mass is 9.77. The maximum Gasteiger partial charge on any atom is 0.107 e. The van der Waals surface area contributed by atoms with Crippen LogP contribution < -0.4 is 5.73 Å². The molecule has 0 bridgehead atoms. The van der Waals surface area contributed by atoms with Gasteiger partial charge in [0.2, 0.25) is 0 Å². The minimum absolute atomic E-state index is 0.255. The average Bonchev–Trinajstić information content (AvgIpc) is 2.92. The maximum atomic E-state index is 6.08. The molecule has 3 rings (SSSR count). The van der Waals surface area contributed by atoms with Gasteiger partial charge in [0.15, 0.2) is 0 Å². The van der Waals surface area contributed by atoms with Crippen LogP contribution in [-0.2, 0) is 18.3 Å². The molecule has 1 saturated carbocycles. The van der Waals surface area contributed by atoms with Crippen molar-refractivity contribution in [3.63, 3.8) is 0 Å². The molecule has 1 heterocycles. The standard InChI is InChI=1S/C14H21NO/c1-10-13(11-5-4-6-12(11)16-10)14(9-15)7-2-3-8-14/h2-9,15H2,1H3. The highest BCUT2D eigenvalue weighted by Gasteiger charge is 2.40. The molecule has 1 aromatic rings. The number of nitrogens with two attached hydrogens (primary N) is 1. The summed E-state index contributed by atoms with van der Waals surface area (Å²) in [5.41, 5.74) is 9.36. The summed E-state index contributed by atoms with van der Waals surface area (Å²) in [7, 11) is 0. The summed E-state index contributed by atoms with van der Waals surface area (Å²) < 4.78 is 5.94. The minimum atomic E-state index is 0.255. The molecule has 1 aromatic heterocycles. The van der Waals surface area contributed by atoms with Crippen molar-refractivity contribution < 1.29 is 4.42 Å². The van der Waals surface area contributed by atoms with Crippen LogP contribution in [0.5, 0.6) is 0 Å². The molecule has 0 saturated heterocycles. The van der Waals surface area contributed by atoms with Gasteiger partial charge in [-0.3, -0.25) is 0 Å². The Labute approximate surface area is 97.2 Å². The molecule has 0 aliphatic heterocycles. The summed E-state index contributed by atoms with van der Waals surface area (Å²) >= 11 is 0. The Balaban J connectivity index is 2.11. The monoisotopic (exact) mass is 219 g/mol. The number of hydrogen-bond donors (Lipinski definition) is 1. The van der Waals surface area contributed by atoms with E-state index < -0.39 is 0 Å². The minimum Gasteiger partial charge on any atom is -0.466 e. The topological polar surface area (TPSA) is 39.2 Å². The van der Waals surface area contributed by atoms with Crippen molar-refractivity contribution >= 4 is 0 Å². The van der Waals surface area contributed by atoms with Crippen molar-refractivity contribution in [3.05, 3.63) is 22.6 Å². The van der Waals surface area contributed by atoms with Crippen LogP contribution in [0.3, 0.4) is 0 Å². The van der Waals surface area contributed by atoms with Crippen molar-refractivity contribution in [3.8, 4) is 0 Å². The number of fused-ring (bicyclic) bond motifs is 1. The average molecular weight is 219 g/mol. The van der Waals surface area contributed by atoms with Gasteiger partial charge in [-0.05, 0) is 38.2 Å². The molecular weight excluding hydrogens is 198 g/mol. The predicted octanol–water partition coefficient (Wildman–Crippen LogP) is 2.85. The molecule has 2 aliphatic carbocycles. The lowest BCUT2D eigenvalue weighted by molar-refractivity contribution is 0.425. The summed E-state index contributed by atoms with van der Waals surface area (Å²) in [6.45, 7) is 2.92. The molecular formula is C14H21NO. The van der Waals surface area contributed by atoms with Gasteiger partial charge in [0, 0.05) is 23.9 Å². The SMILES string of the molecule is Cc1oc2c(c1C1(CN)CCCC1)CCC2. The fourth-order valence-electron chi connectivity index (χ4n) is 3.84. The quantitative estimate of drug-likeness (QED) is 0.830. The molecule has 0 aromatic carbocycles.